The summed E-state index contributed by atoms with van der Waals surface area (Å²) in [6, 6.07) is -0.742. The summed E-state index contributed by atoms with van der Waals surface area (Å²) in [7, 11) is 1.19. The molecule has 30 heavy (non-hydrogen) atoms. The highest BCUT2D eigenvalue weighted by molar-refractivity contribution is 5.92. The Morgan fingerprint density at radius 2 is 1.57 bits per heavy atom. The van der Waals surface area contributed by atoms with Gasteiger partial charge in [0.2, 0.25) is 11.8 Å². The van der Waals surface area contributed by atoms with Crippen molar-refractivity contribution in [1.82, 2.24) is 9.80 Å². The second kappa shape index (κ2) is 13.7. The fraction of sp³-hybridized carbons (Fsp3) is 0.700. The molecule has 0 aromatic rings. The SMILES string of the molecule is CCOCCN(CCOCC)C(=O)[C@@H]1C[C@@H](OC(=O)/C=C/C(=O)OC)CN1C(C)=O. The van der Waals surface area contributed by atoms with Crippen LogP contribution in [0, 0.1) is 0 Å². The molecule has 10 nitrogen and oxygen atoms in total. The van der Waals surface area contributed by atoms with E-state index in [1.54, 1.807) is 4.90 Å². The maximum Gasteiger partial charge on any atom is 0.331 e. The molecule has 0 aliphatic carbocycles. The van der Waals surface area contributed by atoms with E-state index >= 15 is 0 Å². The Kier molecular flexibility index (Phi) is 11.7. The molecular weight excluding hydrogens is 396 g/mol. The summed E-state index contributed by atoms with van der Waals surface area (Å²) in [4.78, 5) is 51.2. The first-order valence-corrected chi connectivity index (χ1v) is 10.0. The summed E-state index contributed by atoms with van der Waals surface area (Å²) in [5.74, 6) is -1.96. The molecular formula is C20H32N2O8. The Bertz CT molecular complexity index is 612. The van der Waals surface area contributed by atoms with E-state index in [9.17, 15) is 19.2 Å². The van der Waals surface area contributed by atoms with E-state index in [0.717, 1.165) is 12.2 Å². The molecule has 0 spiro atoms. The molecule has 1 aliphatic heterocycles. The van der Waals surface area contributed by atoms with Crippen LogP contribution in [0.5, 0.6) is 0 Å². The Morgan fingerprint density at radius 1 is 1.00 bits per heavy atom. The molecule has 1 rings (SSSR count). The van der Waals surface area contributed by atoms with Crippen molar-refractivity contribution >= 4 is 23.8 Å². The lowest BCUT2D eigenvalue weighted by Gasteiger charge is -2.29. The van der Waals surface area contributed by atoms with Crippen molar-refractivity contribution in [1.29, 1.82) is 0 Å². The van der Waals surface area contributed by atoms with Gasteiger partial charge in [0.15, 0.2) is 0 Å². The largest absolute Gasteiger partial charge is 0.466 e. The predicted octanol–water partition coefficient (Wildman–Crippen LogP) is 0.150. The number of esters is 2. The van der Waals surface area contributed by atoms with Gasteiger partial charge >= 0.3 is 11.9 Å². The summed E-state index contributed by atoms with van der Waals surface area (Å²) in [5, 5.41) is 0. The van der Waals surface area contributed by atoms with E-state index in [1.807, 2.05) is 13.8 Å². The number of amides is 2. The van der Waals surface area contributed by atoms with Crippen molar-refractivity contribution in [2.24, 2.45) is 0 Å². The molecule has 2 atom stereocenters. The molecule has 0 bridgehead atoms. The fourth-order valence-electron chi connectivity index (χ4n) is 3.05. The van der Waals surface area contributed by atoms with Crippen LogP contribution in [0.4, 0.5) is 0 Å². The zero-order chi connectivity index (χ0) is 22.5. The number of ether oxygens (including phenoxy) is 4. The molecule has 0 aromatic carbocycles. The number of likely N-dealkylation sites (tertiary alicyclic amines) is 1. The van der Waals surface area contributed by atoms with Crippen LogP contribution in [0.15, 0.2) is 12.2 Å². The first-order valence-electron chi connectivity index (χ1n) is 10.0. The number of hydrogen-bond donors (Lipinski definition) is 0. The van der Waals surface area contributed by atoms with Gasteiger partial charge in [-0.05, 0) is 13.8 Å². The van der Waals surface area contributed by atoms with Gasteiger partial charge in [-0.2, -0.15) is 0 Å². The van der Waals surface area contributed by atoms with Crippen LogP contribution in [0.1, 0.15) is 27.2 Å². The van der Waals surface area contributed by atoms with E-state index in [0.29, 0.717) is 39.5 Å². The normalized spacial score (nSPS) is 18.5. The number of rotatable bonds is 12. The van der Waals surface area contributed by atoms with Crippen LogP contribution < -0.4 is 0 Å². The van der Waals surface area contributed by atoms with Gasteiger partial charge < -0.3 is 28.7 Å². The van der Waals surface area contributed by atoms with Crippen molar-refractivity contribution in [3.8, 4) is 0 Å². The third kappa shape index (κ3) is 8.50. The maximum atomic E-state index is 13.1. The van der Waals surface area contributed by atoms with Crippen LogP contribution in [-0.2, 0) is 38.1 Å². The lowest BCUT2D eigenvalue weighted by atomic mass is 10.1. The minimum Gasteiger partial charge on any atom is -0.466 e. The van der Waals surface area contributed by atoms with E-state index in [-0.39, 0.29) is 24.8 Å². The zero-order valence-electron chi connectivity index (χ0n) is 18.1. The second-order valence-electron chi connectivity index (χ2n) is 6.56. The van der Waals surface area contributed by atoms with Crippen molar-refractivity contribution < 1.29 is 38.1 Å². The number of carbonyl (C=O) groups is 4. The van der Waals surface area contributed by atoms with Gasteiger partial charge in [0.1, 0.15) is 12.1 Å². The predicted molar refractivity (Wildman–Crippen MR) is 106 cm³/mol. The summed E-state index contributed by atoms with van der Waals surface area (Å²) in [5.41, 5.74) is 0. The highest BCUT2D eigenvalue weighted by Crippen LogP contribution is 2.23. The van der Waals surface area contributed by atoms with Gasteiger partial charge in [0.25, 0.3) is 0 Å². The van der Waals surface area contributed by atoms with Crippen LogP contribution in [0.3, 0.4) is 0 Å². The molecule has 1 heterocycles. The van der Waals surface area contributed by atoms with Gasteiger partial charge in [-0.25, -0.2) is 9.59 Å². The quantitative estimate of drug-likeness (QED) is 0.245. The third-order valence-corrected chi connectivity index (χ3v) is 4.52. The molecule has 0 N–H and O–H groups in total. The zero-order valence-corrected chi connectivity index (χ0v) is 18.1. The van der Waals surface area contributed by atoms with Crippen molar-refractivity contribution in [2.75, 3.05) is 53.2 Å². The third-order valence-electron chi connectivity index (χ3n) is 4.52. The second-order valence-corrected chi connectivity index (χ2v) is 6.56. The number of methoxy groups -OCH3 is 1. The smallest absolute Gasteiger partial charge is 0.331 e. The molecule has 10 heteroatoms. The lowest BCUT2D eigenvalue weighted by molar-refractivity contribution is -0.144. The van der Waals surface area contributed by atoms with E-state index in [1.165, 1.54) is 18.9 Å². The molecule has 0 radical (unpaired) electrons. The van der Waals surface area contributed by atoms with Gasteiger partial charge in [-0.1, -0.05) is 0 Å². The van der Waals surface area contributed by atoms with Gasteiger partial charge in [-0.15, -0.1) is 0 Å². The minimum absolute atomic E-state index is 0.105. The summed E-state index contributed by atoms with van der Waals surface area (Å²) in [6.07, 6.45) is 1.43. The van der Waals surface area contributed by atoms with Crippen molar-refractivity contribution in [2.45, 2.75) is 39.3 Å². The lowest BCUT2D eigenvalue weighted by Crippen LogP contribution is -2.49. The average Bonchev–Trinajstić information content (AvgIpc) is 3.14. The standard InChI is InChI=1S/C20H32N2O8/c1-5-28-11-9-21(10-12-29-6-2)20(26)17-13-16(14-22(17)15(3)23)30-19(25)8-7-18(24)27-4/h7-8,16-17H,5-6,9-14H2,1-4H3/b8-7+/t16-,17+/m1/s1. The van der Waals surface area contributed by atoms with E-state index in [2.05, 4.69) is 4.74 Å². The average molecular weight is 428 g/mol. The number of nitrogens with zero attached hydrogens (tertiary/aromatic N) is 2. The molecule has 1 aliphatic rings. The van der Waals surface area contributed by atoms with Crippen molar-refractivity contribution in [3.05, 3.63) is 12.2 Å². The highest BCUT2D eigenvalue weighted by atomic mass is 16.5. The van der Waals surface area contributed by atoms with Gasteiger partial charge in [0, 0.05) is 51.8 Å². The summed E-state index contributed by atoms with van der Waals surface area (Å²) >= 11 is 0. The minimum atomic E-state index is -0.744. The van der Waals surface area contributed by atoms with E-state index < -0.39 is 24.1 Å². The molecule has 170 valence electrons. The van der Waals surface area contributed by atoms with Crippen LogP contribution in [0.2, 0.25) is 0 Å². The summed E-state index contributed by atoms with van der Waals surface area (Å²) in [6.45, 7) is 7.77. The number of carbonyl (C=O) groups excluding carboxylic acids is 4. The maximum absolute atomic E-state index is 13.1. The van der Waals surface area contributed by atoms with Gasteiger partial charge in [-0.3, -0.25) is 9.59 Å². The van der Waals surface area contributed by atoms with Crippen LogP contribution in [0.25, 0.3) is 0 Å². The molecule has 1 fully saturated rings. The first kappa shape index (κ1) is 25.6. The fourth-order valence-corrected chi connectivity index (χ4v) is 3.05. The molecule has 0 saturated carbocycles. The molecule has 0 unspecified atom stereocenters. The van der Waals surface area contributed by atoms with Gasteiger partial charge in [0.05, 0.1) is 26.9 Å². The topological polar surface area (TPSA) is 112 Å². The highest BCUT2D eigenvalue weighted by Gasteiger charge is 2.41. The van der Waals surface area contributed by atoms with E-state index in [4.69, 9.17) is 14.2 Å². The number of hydrogen-bond acceptors (Lipinski definition) is 8. The first-order chi connectivity index (χ1) is 14.3. The molecule has 1 saturated heterocycles. The summed E-state index contributed by atoms with van der Waals surface area (Å²) < 4.78 is 20.4. The Balaban J connectivity index is 2.81. The Hall–Kier alpha value is -2.46. The Morgan fingerprint density at radius 3 is 2.07 bits per heavy atom. The molecule has 0 aromatic heterocycles. The van der Waals surface area contributed by atoms with Crippen LogP contribution in [-0.4, -0.2) is 98.9 Å². The molecule has 2 amide bonds. The Labute approximate surface area is 177 Å². The monoisotopic (exact) mass is 428 g/mol. The van der Waals surface area contributed by atoms with Crippen LogP contribution >= 0.6 is 0 Å². The van der Waals surface area contributed by atoms with Crippen molar-refractivity contribution in [3.63, 3.8) is 0 Å².